The Bertz CT molecular complexity index is 901. The van der Waals surface area contributed by atoms with E-state index in [4.69, 9.17) is 27.9 Å². The zero-order valence-electron chi connectivity index (χ0n) is 14.4. The number of amides is 1. The highest BCUT2D eigenvalue weighted by Gasteiger charge is 2.16. The third kappa shape index (κ3) is 5.27. The van der Waals surface area contributed by atoms with E-state index in [1.165, 1.54) is 7.05 Å². The van der Waals surface area contributed by atoms with Gasteiger partial charge >= 0.3 is 0 Å². The fourth-order valence-electron chi connectivity index (χ4n) is 2.00. The zero-order valence-corrected chi connectivity index (χ0v) is 16.7. The van der Waals surface area contributed by atoms with Gasteiger partial charge in [-0.1, -0.05) is 23.2 Å². The molecule has 0 spiro atoms. The first-order chi connectivity index (χ1) is 12.1. The number of ether oxygens (including phenoxy) is 1. The fourth-order valence-corrected chi connectivity index (χ4v) is 2.80. The number of nitrogens with one attached hydrogen (secondary N) is 1. The number of halogens is 2. The van der Waals surface area contributed by atoms with Gasteiger partial charge in [0.25, 0.3) is 5.91 Å². The van der Waals surface area contributed by atoms with E-state index in [1.54, 1.807) is 49.4 Å². The molecule has 140 valence electrons. The maximum atomic E-state index is 12.2. The number of benzene rings is 2. The molecular formula is C17H18Cl2N2O4S. The molecule has 0 aromatic heterocycles. The first-order valence-corrected chi connectivity index (χ1v) is 10.1. The predicted molar refractivity (Wildman–Crippen MR) is 105 cm³/mol. The summed E-state index contributed by atoms with van der Waals surface area (Å²) in [6.07, 6.45) is 0.343. The molecule has 0 saturated carbocycles. The lowest BCUT2D eigenvalue weighted by Gasteiger charge is -2.18. The van der Waals surface area contributed by atoms with Gasteiger partial charge in [-0.25, -0.2) is 8.42 Å². The maximum absolute atomic E-state index is 12.2. The minimum absolute atomic E-state index is 0.337. The SMILES string of the molecule is C[C@H](Oc1ccc(N(C)S(C)(=O)=O)cc1)C(=O)Nc1ccc(Cl)c(Cl)c1. The maximum Gasteiger partial charge on any atom is 0.265 e. The third-order valence-electron chi connectivity index (χ3n) is 3.57. The molecule has 0 fully saturated rings. The molecular weight excluding hydrogens is 399 g/mol. The minimum atomic E-state index is -3.34. The van der Waals surface area contributed by atoms with Crippen LogP contribution < -0.4 is 14.4 Å². The smallest absolute Gasteiger partial charge is 0.265 e. The summed E-state index contributed by atoms with van der Waals surface area (Å²) in [5.41, 5.74) is 0.998. The van der Waals surface area contributed by atoms with Gasteiger partial charge in [-0.15, -0.1) is 0 Å². The van der Waals surface area contributed by atoms with E-state index in [0.717, 1.165) is 10.6 Å². The molecule has 0 unspecified atom stereocenters. The van der Waals surface area contributed by atoms with Crippen LogP contribution >= 0.6 is 23.2 Å². The lowest BCUT2D eigenvalue weighted by atomic mass is 10.2. The van der Waals surface area contributed by atoms with Crippen LogP contribution in [0.25, 0.3) is 0 Å². The standard InChI is InChI=1S/C17H18Cl2N2O4S/c1-11(17(22)20-12-4-9-15(18)16(19)10-12)25-14-7-5-13(6-8-14)21(2)26(3,23)24/h4-11H,1-3H3,(H,20,22)/t11-/m0/s1. The molecule has 0 radical (unpaired) electrons. The largest absolute Gasteiger partial charge is 0.481 e. The molecule has 0 aliphatic rings. The van der Waals surface area contributed by atoms with E-state index in [2.05, 4.69) is 5.32 Å². The second-order valence-electron chi connectivity index (χ2n) is 5.60. The van der Waals surface area contributed by atoms with Crippen molar-refractivity contribution in [2.75, 3.05) is 22.9 Å². The number of carbonyl (C=O) groups is 1. The topological polar surface area (TPSA) is 75.7 Å². The highest BCUT2D eigenvalue weighted by molar-refractivity contribution is 7.92. The average molecular weight is 417 g/mol. The van der Waals surface area contributed by atoms with E-state index < -0.39 is 16.1 Å². The number of sulfonamides is 1. The van der Waals surface area contributed by atoms with Crippen LogP contribution in [0.4, 0.5) is 11.4 Å². The third-order valence-corrected chi connectivity index (χ3v) is 5.51. The van der Waals surface area contributed by atoms with Crippen LogP contribution in [-0.2, 0) is 14.8 Å². The molecule has 2 rings (SSSR count). The number of hydrogen-bond acceptors (Lipinski definition) is 4. The summed E-state index contributed by atoms with van der Waals surface area (Å²) in [4.78, 5) is 12.2. The van der Waals surface area contributed by atoms with Crippen molar-refractivity contribution in [3.63, 3.8) is 0 Å². The monoisotopic (exact) mass is 416 g/mol. The lowest BCUT2D eigenvalue weighted by molar-refractivity contribution is -0.122. The Morgan fingerprint density at radius 2 is 1.73 bits per heavy atom. The second-order valence-corrected chi connectivity index (χ2v) is 8.43. The van der Waals surface area contributed by atoms with Crippen LogP contribution in [0, 0.1) is 0 Å². The number of anilines is 2. The number of nitrogens with zero attached hydrogens (tertiary/aromatic N) is 1. The molecule has 1 atom stereocenters. The molecule has 26 heavy (non-hydrogen) atoms. The molecule has 2 aromatic carbocycles. The van der Waals surface area contributed by atoms with Gasteiger partial charge in [-0.2, -0.15) is 0 Å². The van der Waals surface area contributed by atoms with Gasteiger partial charge < -0.3 is 10.1 Å². The van der Waals surface area contributed by atoms with Gasteiger partial charge in [-0.05, 0) is 49.4 Å². The summed E-state index contributed by atoms with van der Waals surface area (Å²) in [6, 6.07) is 11.2. The molecule has 0 bridgehead atoms. The molecule has 0 heterocycles. The Balaban J connectivity index is 2.01. The van der Waals surface area contributed by atoms with Gasteiger partial charge in [0.15, 0.2) is 6.10 Å². The quantitative estimate of drug-likeness (QED) is 0.776. The summed E-state index contributed by atoms with van der Waals surface area (Å²) in [7, 11) is -1.88. The predicted octanol–water partition coefficient (Wildman–Crippen LogP) is 3.80. The van der Waals surface area contributed by atoms with Gasteiger partial charge in [0.2, 0.25) is 10.0 Å². The molecule has 0 aliphatic heterocycles. The van der Waals surface area contributed by atoms with Gasteiger partial charge in [0.05, 0.1) is 22.0 Å². The molecule has 0 aliphatic carbocycles. The summed E-state index contributed by atoms with van der Waals surface area (Å²) in [6.45, 7) is 1.60. The molecule has 1 amide bonds. The Morgan fingerprint density at radius 3 is 2.27 bits per heavy atom. The van der Waals surface area contributed by atoms with Crippen molar-refractivity contribution in [2.45, 2.75) is 13.0 Å². The number of carbonyl (C=O) groups excluding carboxylic acids is 1. The van der Waals surface area contributed by atoms with Gasteiger partial charge in [-0.3, -0.25) is 9.10 Å². The van der Waals surface area contributed by atoms with Gasteiger partial charge in [0.1, 0.15) is 5.75 Å². The zero-order chi connectivity index (χ0) is 19.5. The van der Waals surface area contributed by atoms with Crippen molar-refractivity contribution in [2.24, 2.45) is 0 Å². The highest BCUT2D eigenvalue weighted by Crippen LogP contribution is 2.25. The van der Waals surface area contributed by atoms with Crippen molar-refractivity contribution < 1.29 is 17.9 Å². The summed E-state index contributed by atoms with van der Waals surface area (Å²) < 4.78 is 29.8. The number of rotatable bonds is 6. The van der Waals surface area contributed by atoms with Crippen LogP contribution in [0.15, 0.2) is 42.5 Å². The molecule has 2 aromatic rings. The first kappa shape index (κ1) is 20.4. The van der Waals surface area contributed by atoms with Crippen molar-refractivity contribution in [3.8, 4) is 5.75 Å². The van der Waals surface area contributed by atoms with E-state index in [0.29, 0.717) is 27.2 Å². The fraction of sp³-hybridized carbons (Fsp3) is 0.235. The molecule has 6 nitrogen and oxygen atoms in total. The number of hydrogen-bond donors (Lipinski definition) is 1. The second kappa shape index (κ2) is 8.16. The van der Waals surface area contributed by atoms with Gasteiger partial charge in [0, 0.05) is 12.7 Å². The Morgan fingerprint density at radius 1 is 1.12 bits per heavy atom. The van der Waals surface area contributed by atoms with Crippen LogP contribution in [0.1, 0.15) is 6.92 Å². The van der Waals surface area contributed by atoms with E-state index >= 15 is 0 Å². The molecule has 9 heteroatoms. The average Bonchev–Trinajstić information content (AvgIpc) is 2.57. The van der Waals surface area contributed by atoms with Crippen LogP contribution in [0.3, 0.4) is 0 Å². The van der Waals surface area contributed by atoms with Crippen molar-refractivity contribution in [1.29, 1.82) is 0 Å². The highest BCUT2D eigenvalue weighted by atomic mass is 35.5. The van der Waals surface area contributed by atoms with Crippen LogP contribution in [-0.4, -0.2) is 33.7 Å². The Hall–Kier alpha value is -1.96. The Kier molecular flexibility index (Phi) is 6.39. The normalized spacial score (nSPS) is 12.3. The summed E-state index contributed by atoms with van der Waals surface area (Å²) in [5.74, 6) is 0.0770. The van der Waals surface area contributed by atoms with E-state index in [1.807, 2.05) is 0 Å². The summed E-state index contributed by atoms with van der Waals surface area (Å²) >= 11 is 11.8. The summed E-state index contributed by atoms with van der Waals surface area (Å²) in [5, 5.41) is 3.42. The van der Waals surface area contributed by atoms with E-state index in [9.17, 15) is 13.2 Å². The molecule has 0 saturated heterocycles. The van der Waals surface area contributed by atoms with Crippen molar-refractivity contribution in [1.82, 2.24) is 0 Å². The lowest BCUT2D eigenvalue weighted by Crippen LogP contribution is -2.30. The Labute approximate surface area is 162 Å². The van der Waals surface area contributed by atoms with Crippen molar-refractivity contribution in [3.05, 3.63) is 52.5 Å². The van der Waals surface area contributed by atoms with Crippen LogP contribution in [0.2, 0.25) is 10.0 Å². The van der Waals surface area contributed by atoms with Crippen molar-refractivity contribution >= 4 is 50.5 Å². The van der Waals surface area contributed by atoms with E-state index in [-0.39, 0.29) is 5.91 Å². The minimum Gasteiger partial charge on any atom is -0.481 e. The molecule has 1 N–H and O–H groups in total. The van der Waals surface area contributed by atoms with Crippen LogP contribution in [0.5, 0.6) is 5.75 Å². The first-order valence-electron chi connectivity index (χ1n) is 7.54.